The molecular weight excluding hydrogens is 220 g/mol. The van der Waals surface area contributed by atoms with Gasteiger partial charge in [-0.05, 0) is 32.9 Å². The number of nitrogens with zero attached hydrogens (tertiary/aromatic N) is 1. The predicted molar refractivity (Wildman–Crippen MR) is 66.5 cm³/mol. The van der Waals surface area contributed by atoms with Gasteiger partial charge in [0.05, 0.1) is 5.01 Å². The minimum absolute atomic E-state index is 0.214. The Morgan fingerprint density at radius 2 is 2.19 bits per heavy atom. The molecule has 3 nitrogen and oxygen atoms in total. The Morgan fingerprint density at radius 1 is 1.44 bits per heavy atom. The van der Waals surface area contributed by atoms with Crippen LogP contribution in [0, 0.1) is 6.92 Å². The Hall–Kier alpha value is -1.13. The number of nitrogens with two attached hydrogens (primary N) is 1. The van der Waals surface area contributed by atoms with E-state index in [0.29, 0.717) is 0 Å². The van der Waals surface area contributed by atoms with Crippen molar-refractivity contribution in [2.24, 2.45) is 5.73 Å². The summed E-state index contributed by atoms with van der Waals surface area (Å²) in [6, 6.07) is 3.89. The number of thiazole rings is 1. The van der Waals surface area contributed by atoms with Crippen molar-refractivity contribution in [2.45, 2.75) is 32.7 Å². The van der Waals surface area contributed by atoms with E-state index in [9.17, 15) is 0 Å². The van der Waals surface area contributed by atoms with Crippen molar-refractivity contribution in [3.63, 3.8) is 0 Å². The molecule has 0 fully saturated rings. The minimum Gasteiger partial charge on any atom is -0.460 e. The lowest BCUT2D eigenvalue weighted by atomic mass is 10.0. The summed E-state index contributed by atoms with van der Waals surface area (Å²) in [5, 5.41) is 3.07. The first-order chi connectivity index (χ1) is 7.44. The van der Waals surface area contributed by atoms with Gasteiger partial charge < -0.3 is 10.2 Å². The highest BCUT2D eigenvalue weighted by molar-refractivity contribution is 7.09. The molecule has 2 aromatic rings. The van der Waals surface area contributed by atoms with Gasteiger partial charge in [0.1, 0.15) is 11.5 Å². The molecule has 2 aromatic heterocycles. The van der Waals surface area contributed by atoms with E-state index in [0.717, 1.165) is 28.6 Å². The number of rotatable bonds is 3. The fourth-order valence-electron chi connectivity index (χ4n) is 1.47. The third-order valence-corrected chi connectivity index (χ3v) is 3.00. The molecule has 0 saturated heterocycles. The van der Waals surface area contributed by atoms with E-state index in [4.69, 9.17) is 10.2 Å². The van der Waals surface area contributed by atoms with Crippen LogP contribution in [-0.2, 0) is 6.42 Å². The maximum atomic E-state index is 5.96. The second kappa shape index (κ2) is 4.03. The van der Waals surface area contributed by atoms with Gasteiger partial charge in [-0.2, -0.15) is 0 Å². The molecule has 16 heavy (non-hydrogen) atoms. The van der Waals surface area contributed by atoms with Crippen molar-refractivity contribution < 1.29 is 4.42 Å². The summed E-state index contributed by atoms with van der Waals surface area (Å²) in [6.07, 6.45) is 0.789. The second-order valence-corrected chi connectivity index (χ2v) is 5.64. The minimum atomic E-state index is -0.214. The van der Waals surface area contributed by atoms with Crippen LogP contribution in [0.3, 0.4) is 0 Å². The summed E-state index contributed by atoms with van der Waals surface area (Å²) in [5.74, 6) is 1.73. The van der Waals surface area contributed by atoms with E-state index in [-0.39, 0.29) is 5.54 Å². The number of hydrogen-bond acceptors (Lipinski definition) is 4. The molecular formula is C12H16N2OS. The molecule has 0 saturated carbocycles. The van der Waals surface area contributed by atoms with Crippen LogP contribution in [0.15, 0.2) is 21.9 Å². The maximum Gasteiger partial charge on any atom is 0.153 e. The second-order valence-electron chi connectivity index (χ2n) is 4.70. The number of furan rings is 1. The standard InChI is InChI=1S/C12H16N2OS/c1-8-4-5-10(15-8)9-7-16-11(14-9)6-12(2,3)13/h4-5,7H,6,13H2,1-3H3. The molecule has 0 spiro atoms. The van der Waals surface area contributed by atoms with Gasteiger partial charge in [-0.3, -0.25) is 0 Å². The summed E-state index contributed by atoms with van der Waals surface area (Å²) in [6.45, 7) is 5.94. The Bertz CT molecular complexity index is 479. The van der Waals surface area contributed by atoms with Gasteiger partial charge in [-0.25, -0.2) is 4.98 Å². The molecule has 0 amide bonds. The summed E-state index contributed by atoms with van der Waals surface area (Å²) >= 11 is 1.63. The van der Waals surface area contributed by atoms with Gasteiger partial charge in [0.25, 0.3) is 0 Å². The zero-order valence-corrected chi connectivity index (χ0v) is 10.6. The van der Waals surface area contributed by atoms with Crippen LogP contribution < -0.4 is 5.73 Å². The Balaban J connectivity index is 2.20. The van der Waals surface area contributed by atoms with Crippen LogP contribution in [0.5, 0.6) is 0 Å². The Morgan fingerprint density at radius 3 is 2.75 bits per heavy atom. The topological polar surface area (TPSA) is 52.0 Å². The summed E-state index contributed by atoms with van der Waals surface area (Å²) in [4.78, 5) is 4.52. The van der Waals surface area contributed by atoms with Crippen LogP contribution in [0.1, 0.15) is 24.6 Å². The maximum absolute atomic E-state index is 5.96. The van der Waals surface area contributed by atoms with Gasteiger partial charge >= 0.3 is 0 Å². The molecule has 2 rings (SSSR count). The third-order valence-electron chi connectivity index (χ3n) is 2.15. The molecule has 0 aliphatic carbocycles. The van der Waals surface area contributed by atoms with Crippen molar-refractivity contribution in [2.75, 3.05) is 0 Å². The highest BCUT2D eigenvalue weighted by Crippen LogP contribution is 2.25. The zero-order valence-electron chi connectivity index (χ0n) is 9.78. The smallest absolute Gasteiger partial charge is 0.153 e. The average Bonchev–Trinajstić information content (AvgIpc) is 2.71. The SMILES string of the molecule is Cc1ccc(-c2csc(CC(C)(C)N)n2)o1. The number of aryl methyl sites for hydroxylation is 1. The van der Waals surface area contributed by atoms with E-state index < -0.39 is 0 Å². The molecule has 0 aliphatic rings. The van der Waals surface area contributed by atoms with Gasteiger partial charge in [0.2, 0.25) is 0 Å². The lowest BCUT2D eigenvalue weighted by molar-refractivity contribution is 0.514. The van der Waals surface area contributed by atoms with Gasteiger partial charge in [0.15, 0.2) is 5.76 Å². The van der Waals surface area contributed by atoms with Crippen molar-refractivity contribution in [1.82, 2.24) is 4.98 Å². The van der Waals surface area contributed by atoms with Gasteiger partial charge in [-0.15, -0.1) is 11.3 Å². The summed E-state index contributed by atoms with van der Waals surface area (Å²) in [5.41, 5.74) is 6.65. The molecule has 0 aliphatic heterocycles. The Kier molecular flexibility index (Phi) is 2.86. The quantitative estimate of drug-likeness (QED) is 0.891. The van der Waals surface area contributed by atoms with Crippen LogP contribution >= 0.6 is 11.3 Å². The number of aromatic nitrogens is 1. The van der Waals surface area contributed by atoms with E-state index in [1.54, 1.807) is 11.3 Å². The number of hydrogen-bond donors (Lipinski definition) is 1. The lowest BCUT2D eigenvalue weighted by Gasteiger charge is -2.15. The fraction of sp³-hybridized carbons (Fsp3) is 0.417. The fourth-order valence-corrected chi connectivity index (χ4v) is 2.49. The molecule has 0 bridgehead atoms. The summed E-state index contributed by atoms with van der Waals surface area (Å²) < 4.78 is 5.53. The first-order valence-corrected chi connectivity index (χ1v) is 6.12. The molecule has 0 unspecified atom stereocenters. The van der Waals surface area contributed by atoms with Crippen LogP contribution in [-0.4, -0.2) is 10.5 Å². The highest BCUT2D eigenvalue weighted by Gasteiger charge is 2.15. The first-order valence-electron chi connectivity index (χ1n) is 5.24. The van der Waals surface area contributed by atoms with E-state index in [1.165, 1.54) is 0 Å². The van der Waals surface area contributed by atoms with Crippen molar-refractivity contribution in [3.8, 4) is 11.5 Å². The van der Waals surface area contributed by atoms with Gasteiger partial charge in [-0.1, -0.05) is 0 Å². The normalized spacial score (nSPS) is 12.0. The monoisotopic (exact) mass is 236 g/mol. The molecule has 0 aromatic carbocycles. The molecule has 86 valence electrons. The average molecular weight is 236 g/mol. The molecule has 4 heteroatoms. The van der Waals surface area contributed by atoms with E-state index >= 15 is 0 Å². The van der Waals surface area contributed by atoms with E-state index in [2.05, 4.69) is 4.98 Å². The molecule has 0 radical (unpaired) electrons. The van der Waals surface area contributed by atoms with Crippen molar-refractivity contribution in [1.29, 1.82) is 0 Å². The molecule has 2 N–H and O–H groups in total. The van der Waals surface area contributed by atoms with Crippen LogP contribution in [0.25, 0.3) is 11.5 Å². The third kappa shape index (κ3) is 2.71. The van der Waals surface area contributed by atoms with E-state index in [1.807, 2.05) is 38.3 Å². The first kappa shape index (κ1) is 11.4. The zero-order chi connectivity index (χ0) is 11.8. The van der Waals surface area contributed by atoms with Crippen LogP contribution in [0.4, 0.5) is 0 Å². The van der Waals surface area contributed by atoms with Crippen molar-refractivity contribution >= 4 is 11.3 Å². The molecule has 2 heterocycles. The van der Waals surface area contributed by atoms with Gasteiger partial charge in [0, 0.05) is 17.3 Å². The summed E-state index contributed by atoms with van der Waals surface area (Å²) in [7, 11) is 0. The largest absolute Gasteiger partial charge is 0.460 e. The predicted octanol–water partition coefficient (Wildman–Crippen LogP) is 2.99. The lowest BCUT2D eigenvalue weighted by Crippen LogP contribution is -2.34. The van der Waals surface area contributed by atoms with Crippen LogP contribution in [0.2, 0.25) is 0 Å². The molecule has 0 atom stereocenters. The van der Waals surface area contributed by atoms with Crippen molar-refractivity contribution in [3.05, 3.63) is 28.3 Å². The highest BCUT2D eigenvalue weighted by atomic mass is 32.1. The Labute approximate surface area is 99.3 Å².